The third kappa shape index (κ3) is 3.35. The van der Waals surface area contributed by atoms with Gasteiger partial charge in [0, 0.05) is 28.0 Å². The molecule has 0 atom stereocenters. The molecule has 3 nitrogen and oxygen atoms in total. The zero-order valence-electron chi connectivity index (χ0n) is 12.2. The minimum absolute atomic E-state index is 0.0713. The number of halogens is 2. The fraction of sp³-hybridized carbons (Fsp3) is 0.312. The van der Waals surface area contributed by atoms with Crippen LogP contribution in [0, 0.1) is 19.7 Å². The third-order valence-electron chi connectivity index (χ3n) is 3.44. The second-order valence-corrected chi connectivity index (χ2v) is 5.73. The minimum Gasteiger partial charge on any atom is -0.482 e. The molecule has 0 amide bonds. The number of aryl methyl sites for hydroxylation is 1. The Morgan fingerprint density at radius 1 is 1.33 bits per heavy atom. The second-order valence-electron chi connectivity index (χ2n) is 4.82. The quantitative estimate of drug-likeness (QED) is 0.750. The van der Waals surface area contributed by atoms with Crippen molar-refractivity contribution >= 4 is 21.7 Å². The van der Waals surface area contributed by atoms with Gasteiger partial charge in [-0.2, -0.15) is 0 Å². The van der Waals surface area contributed by atoms with Crippen LogP contribution in [0.2, 0.25) is 0 Å². The highest BCUT2D eigenvalue weighted by molar-refractivity contribution is 9.10. The highest BCUT2D eigenvalue weighted by Crippen LogP contribution is 2.23. The molecular weight excluding hydrogens is 337 g/mol. The van der Waals surface area contributed by atoms with Gasteiger partial charge >= 0.3 is 0 Å². The predicted octanol–water partition coefficient (Wildman–Crippen LogP) is 4.29. The molecule has 0 aliphatic carbocycles. The predicted molar refractivity (Wildman–Crippen MR) is 83.5 cm³/mol. The van der Waals surface area contributed by atoms with E-state index >= 15 is 0 Å². The van der Waals surface area contributed by atoms with Crippen LogP contribution in [0.25, 0.3) is 0 Å². The Kier molecular flexibility index (Phi) is 4.83. The smallest absolute Gasteiger partial charge is 0.202 e. The van der Waals surface area contributed by atoms with Crippen LogP contribution < -0.4 is 4.74 Å². The van der Waals surface area contributed by atoms with Crippen molar-refractivity contribution in [1.82, 2.24) is 4.57 Å². The van der Waals surface area contributed by atoms with Gasteiger partial charge in [0.15, 0.2) is 18.2 Å². The van der Waals surface area contributed by atoms with E-state index in [4.69, 9.17) is 4.74 Å². The number of Topliss-reactive ketones (excluding diaryl/α,β-unsaturated/α-hetero) is 1. The van der Waals surface area contributed by atoms with E-state index in [-0.39, 0.29) is 18.1 Å². The molecule has 0 N–H and O–H groups in total. The molecule has 1 heterocycles. The average Bonchev–Trinajstić information content (AvgIpc) is 2.74. The number of rotatable bonds is 5. The van der Waals surface area contributed by atoms with Crippen LogP contribution in [-0.4, -0.2) is 17.0 Å². The molecule has 0 fully saturated rings. The maximum Gasteiger partial charge on any atom is 0.202 e. The maximum atomic E-state index is 13.6. The van der Waals surface area contributed by atoms with Gasteiger partial charge in [-0.25, -0.2) is 4.39 Å². The molecular formula is C16H17BrFNO2. The number of ketones is 1. The zero-order valence-corrected chi connectivity index (χ0v) is 13.8. The summed E-state index contributed by atoms with van der Waals surface area (Å²) in [5.74, 6) is -0.561. The molecule has 0 saturated carbocycles. The standard InChI is InChI=1S/C16H17BrFNO2/c1-4-19-10(2)7-13(11(19)3)15(20)9-21-16-8-12(17)5-6-14(16)18/h5-8H,4,9H2,1-3H3. The SMILES string of the molecule is CCn1c(C)cc(C(=O)COc2cc(Br)ccc2F)c1C. The second kappa shape index (κ2) is 6.43. The highest BCUT2D eigenvalue weighted by atomic mass is 79.9. The van der Waals surface area contributed by atoms with Crippen molar-refractivity contribution in [3.8, 4) is 5.75 Å². The lowest BCUT2D eigenvalue weighted by molar-refractivity contribution is 0.0918. The molecule has 2 rings (SSSR count). The number of hydrogen-bond acceptors (Lipinski definition) is 2. The Bertz CT molecular complexity index is 679. The van der Waals surface area contributed by atoms with Gasteiger partial charge in [0.2, 0.25) is 5.78 Å². The Hall–Kier alpha value is -1.62. The van der Waals surface area contributed by atoms with Crippen molar-refractivity contribution in [2.75, 3.05) is 6.61 Å². The summed E-state index contributed by atoms with van der Waals surface area (Å²) in [4.78, 5) is 12.2. The van der Waals surface area contributed by atoms with Gasteiger partial charge in [-0.15, -0.1) is 0 Å². The maximum absolute atomic E-state index is 13.6. The lowest BCUT2D eigenvalue weighted by atomic mass is 10.1. The van der Waals surface area contributed by atoms with E-state index in [0.717, 1.165) is 17.9 Å². The van der Waals surface area contributed by atoms with E-state index in [0.29, 0.717) is 10.0 Å². The summed E-state index contributed by atoms with van der Waals surface area (Å²) in [6.07, 6.45) is 0. The van der Waals surface area contributed by atoms with E-state index in [1.54, 1.807) is 6.07 Å². The van der Waals surface area contributed by atoms with Crippen LogP contribution in [0.3, 0.4) is 0 Å². The first-order valence-corrected chi connectivity index (χ1v) is 7.51. The molecule has 0 unspecified atom stereocenters. The van der Waals surface area contributed by atoms with Crippen LogP contribution in [0.4, 0.5) is 4.39 Å². The minimum atomic E-state index is -0.481. The third-order valence-corrected chi connectivity index (χ3v) is 3.94. The first-order valence-electron chi connectivity index (χ1n) is 6.71. The van der Waals surface area contributed by atoms with Gasteiger partial charge in [0.1, 0.15) is 0 Å². The van der Waals surface area contributed by atoms with E-state index in [1.165, 1.54) is 12.1 Å². The molecule has 2 aromatic rings. The summed E-state index contributed by atoms with van der Waals surface area (Å²) in [5, 5.41) is 0. The van der Waals surface area contributed by atoms with Crippen LogP contribution in [0.15, 0.2) is 28.7 Å². The van der Waals surface area contributed by atoms with Crippen LogP contribution in [0.5, 0.6) is 5.75 Å². The number of hydrogen-bond donors (Lipinski definition) is 0. The van der Waals surface area contributed by atoms with Crippen molar-refractivity contribution < 1.29 is 13.9 Å². The Balaban J connectivity index is 2.14. The Labute approximate surface area is 131 Å². The van der Waals surface area contributed by atoms with Gasteiger partial charge in [0.05, 0.1) is 0 Å². The van der Waals surface area contributed by atoms with E-state index < -0.39 is 5.82 Å². The molecule has 1 aromatic carbocycles. The summed E-state index contributed by atoms with van der Waals surface area (Å²) < 4.78 is 21.6. The van der Waals surface area contributed by atoms with E-state index in [9.17, 15) is 9.18 Å². The van der Waals surface area contributed by atoms with Crippen molar-refractivity contribution in [2.24, 2.45) is 0 Å². The lowest BCUT2D eigenvalue weighted by Gasteiger charge is -2.08. The molecule has 0 bridgehead atoms. The van der Waals surface area contributed by atoms with Crippen molar-refractivity contribution in [3.63, 3.8) is 0 Å². The largest absolute Gasteiger partial charge is 0.482 e. The number of ether oxygens (including phenoxy) is 1. The van der Waals surface area contributed by atoms with Gasteiger partial charge in [-0.1, -0.05) is 15.9 Å². The molecule has 21 heavy (non-hydrogen) atoms. The average molecular weight is 354 g/mol. The highest BCUT2D eigenvalue weighted by Gasteiger charge is 2.16. The van der Waals surface area contributed by atoms with E-state index in [1.807, 2.05) is 26.8 Å². The summed E-state index contributed by atoms with van der Waals surface area (Å²) in [6.45, 7) is 6.53. The van der Waals surface area contributed by atoms with Gasteiger partial charge in [-0.05, 0) is 45.0 Å². The van der Waals surface area contributed by atoms with Gasteiger partial charge in [0.25, 0.3) is 0 Å². The Morgan fingerprint density at radius 2 is 2.05 bits per heavy atom. The lowest BCUT2D eigenvalue weighted by Crippen LogP contribution is -2.13. The number of carbonyl (C=O) groups excluding carboxylic acids is 1. The summed E-state index contributed by atoms with van der Waals surface area (Å²) in [5.41, 5.74) is 2.58. The fourth-order valence-electron chi connectivity index (χ4n) is 2.38. The molecule has 0 radical (unpaired) electrons. The van der Waals surface area contributed by atoms with Crippen molar-refractivity contribution in [2.45, 2.75) is 27.3 Å². The molecule has 0 aliphatic heterocycles. The van der Waals surface area contributed by atoms with E-state index in [2.05, 4.69) is 20.5 Å². The van der Waals surface area contributed by atoms with Crippen molar-refractivity contribution in [3.05, 3.63) is 51.5 Å². The zero-order chi connectivity index (χ0) is 15.6. The number of carbonyl (C=O) groups is 1. The van der Waals surface area contributed by atoms with Crippen LogP contribution in [-0.2, 0) is 6.54 Å². The number of aromatic nitrogens is 1. The van der Waals surface area contributed by atoms with Gasteiger partial charge in [-0.3, -0.25) is 4.79 Å². The number of nitrogens with zero attached hydrogens (tertiary/aromatic N) is 1. The first kappa shape index (κ1) is 15.8. The Morgan fingerprint density at radius 3 is 2.67 bits per heavy atom. The molecule has 0 spiro atoms. The molecule has 0 saturated heterocycles. The van der Waals surface area contributed by atoms with Gasteiger partial charge < -0.3 is 9.30 Å². The van der Waals surface area contributed by atoms with Crippen molar-refractivity contribution in [1.29, 1.82) is 0 Å². The topological polar surface area (TPSA) is 31.2 Å². The molecule has 1 aromatic heterocycles. The first-order chi connectivity index (χ1) is 9.93. The molecule has 112 valence electrons. The normalized spacial score (nSPS) is 10.7. The van der Waals surface area contributed by atoms with Crippen LogP contribution in [0.1, 0.15) is 28.7 Å². The molecule has 0 aliphatic rings. The summed E-state index contributed by atoms with van der Waals surface area (Å²) in [6, 6.07) is 6.24. The summed E-state index contributed by atoms with van der Waals surface area (Å²) in [7, 11) is 0. The summed E-state index contributed by atoms with van der Waals surface area (Å²) >= 11 is 3.25. The molecule has 5 heteroatoms. The fourth-order valence-corrected chi connectivity index (χ4v) is 2.72. The monoisotopic (exact) mass is 353 g/mol. The number of benzene rings is 1. The van der Waals surface area contributed by atoms with Crippen LogP contribution >= 0.6 is 15.9 Å².